The number of carbonyl (C=O) groups is 1. The zero-order valence-corrected chi connectivity index (χ0v) is 13.3. The average molecular weight is 301 g/mol. The SMILES string of the molecule is CCC(C)(CCO)NC(=O)c1cnn(-c2ccccc2)c1C. The smallest absolute Gasteiger partial charge is 0.255 e. The molecular weight excluding hydrogens is 278 g/mol. The fourth-order valence-electron chi connectivity index (χ4n) is 2.38. The normalized spacial score (nSPS) is 13.6. The average Bonchev–Trinajstić information content (AvgIpc) is 2.90. The molecule has 1 aromatic heterocycles. The Hall–Kier alpha value is -2.14. The van der Waals surface area contributed by atoms with E-state index in [2.05, 4.69) is 10.4 Å². The fraction of sp³-hybridized carbons (Fsp3) is 0.412. The van der Waals surface area contributed by atoms with Crippen LogP contribution in [0.25, 0.3) is 5.69 Å². The first-order valence-electron chi connectivity index (χ1n) is 7.54. The molecule has 0 spiro atoms. The maximum Gasteiger partial charge on any atom is 0.255 e. The number of aliphatic hydroxyl groups excluding tert-OH is 1. The lowest BCUT2D eigenvalue weighted by atomic mass is 9.94. The van der Waals surface area contributed by atoms with Crippen LogP contribution >= 0.6 is 0 Å². The molecule has 0 saturated carbocycles. The number of hydrogen-bond donors (Lipinski definition) is 2. The van der Waals surface area contributed by atoms with Crippen LogP contribution in [0.4, 0.5) is 0 Å². The van der Waals surface area contributed by atoms with Crippen molar-refractivity contribution >= 4 is 5.91 Å². The van der Waals surface area contributed by atoms with Gasteiger partial charge < -0.3 is 10.4 Å². The zero-order valence-electron chi connectivity index (χ0n) is 13.3. The van der Waals surface area contributed by atoms with E-state index in [0.717, 1.165) is 17.8 Å². The van der Waals surface area contributed by atoms with Crippen molar-refractivity contribution in [1.82, 2.24) is 15.1 Å². The lowest BCUT2D eigenvalue weighted by Crippen LogP contribution is -2.46. The largest absolute Gasteiger partial charge is 0.396 e. The van der Waals surface area contributed by atoms with E-state index < -0.39 is 5.54 Å². The number of aromatic nitrogens is 2. The van der Waals surface area contributed by atoms with Gasteiger partial charge in [0.05, 0.1) is 23.1 Å². The Labute approximate surface area is 131 Å². The summed E-state index contributed by atoms with van der Waals surface area (Å²) in [7, 11) is 0. The summed E-state index contributed by atoms with van der Waals surface area (Å²) < 4.78 is 1.75. The Morgan fingerprint density at radius 1 is 1.36 bits per heavy atom. The summed E-state index contributed by atoms with van der Waals surface area (Å²) in [5, 5.41) is 16.5. The van der Waals surface area contributed by atoms with E-state index in [1.165, 1.54) is 0 Å². The van der Waals surface area contributed by atoms with Crippen LogP contribution in [0.5, 0.6) is 0 Å². The summed E-state index contributed by atoms with van der Waals surface area (Å²) in [6, 6.07) is 9.71. The second-order valence-electron chi connectivity index (χ2n) is 5.73. The van der Waals surface area contributed by atoms with Crippen molar-refractivity contribution in [2.24, 2.45) is 0 Å². The number of nitrogens with zero attached hydrogens (tertiary/aromatic N) is 2. The summed E-state index contributed by atoms with van der Waals surface area (Å²) in [6.07, 6.45) is 2.87. The quantitative estimate of drug-likeness (QED) is 0.861. The number of carbonyl (C=O) groups excluding carboxylic acids is 1. The van der Waals surface area contributed by atoms with Gasteiger partial charge in [0.15, 0.2) is 0 Å². The molecule has 0 aliphatic rings. The van der Waals surface area contributed by atoms with Crippen LogP contribution in [-0.4, -0.2) is 32.9 Å². The highest BCUT2D eigenvalue weighted by Crippen LogP contribution is 2.18. The van der Waals surface area contributed by atoms with Gasteiger partial charge in [-0.1, -0.05) is 25.1 Å². The van der Waals surface area contributed by atoms with Crippen LogP contribution in [0.3, 0.4) is 0 Å². The number of hydrogen-bond acceptors (Lipinski definition) is 3. The van der Waals surface area contributed by atoms with E-state index >= 15 is 0 Å². The number of para-hydroxylation sites is 1. The summed E-state index contributed by atoms with van der Waals surface area (Å²) in [5.41, 5.74) is 1.87. The van der Waals surface area contributed by atoms with Crippen molar-refractivity contribution in [2.45, 2.75) is 39.2 Å². The van der Waals surface area contributed by atoms with E-state index in [9.17, 15) is 4.79 Å². The van der Waals surface area contributed by atoms with Gasteiger partial charge in [-0.05, 0) is 38.8 Å². The van der Waals surface area contributed by atoms with Crippen LogP contribution in [0.15, 0.2) is 36.5 Å². The summed E-state index contributed by atoms with van der Waals surface area (Å²) in [6.45, 7) is 5.87. The van der Waals surface area contributed by atoms with Crippen LogP contribution in [0.2, 0.25) is 0 Å². The predicted molar refractivity (Wildman–Crippen MR) is 86.2 cm³/mol. The van der Waals surface area contributed by atoms with Gasteiger partial charge in [-0.2, -0.15) is 5.10 Å². The molecule has 0 aliphatic carbocycles. The minimum absolute atomic E-state index is 0.0485. The van der Waals surface area contributed by atoms with Crippen molar-refractivity contribution in [3.8, 4) is 5.69 Å². The molecule has 1 atom stereocenters. The summed E-state index contributed by atoms with van der Waals surface area (Å²) >= 11 is 0. The maximum atomic E-state index is 12.5. The molecule has 1 unspecified atom stereocenters. The first-order chi connectivity index (χ1) is 10.5. The van der Waals surface area contributed by atoms with Crippen molar-refractivity contribution in [3.05, 3.63) is 47.8 Å². The first-order valence-corrected chi connectivity index (χ1v) is 7.54. The predicted octanol–water partition coefficient (Wildman–Crippen LogP) is 2.46. The molecule has 1 aromatic carbocycles. The second-order valence-corrected chi connectivity index (χ2v) is 5.73. The molecular formula is C17H23N3O2. The molecule has 118 valence electrons. The molecule has 0 bridgehead atoms. The third-order valence-electron chi connectivity index (χ3n) is 4.11. The third kappa shape index (κ3) is 3.36. The van der Waals surface area contributed by atoms with Crippen molar-refractivity contribution < 1.29 is 9.90 Å². The van der Waals surface area contributed by atoms with E-state index in [1.807, 2.05) is 51.1 Å². The zero-order chi connectivity index (χ0) is 16.2. The summed E-state index contributed by atoms with van der Waals surface area (Å²) in [4.78, 5) is 12.5. The Balaban J connectivity index is 2.23. The van der Waals surface area contributed by atoms with Gasteiger partial charge in [0, 0.05) is 12.1 Å². The van der Waals surface area contributed by atoms with E-state index in [0.29, 0.717) is 12.0 Å². The van der Waals surface area contributed by atoms with Gasteiger partial charge in [0.2, 0.25) is 0 Å². The molecule has 5 heteroatoms. The van der Waals surface area contributed by atoms with Crippen LogP contribution in [0, 0.1) is 6.92 Å². The highest BCUT2D eigenvalue weighted by molar-refractivity contribution is 5.95. The lowest BCUT2D eigenvalue weighted by Gasteiger charge is -2.28. The van der Waals surface area contributed by atoms with E-state index in [-0.39, 0.29) is 12.5 Å². The second kappa shape index (κ2) is 6.75. The molecule has 2 aromatic rings. The Morgan fingerprint density at radius 2 is 2.05 bits per heavy atom. The van der Waals surface area contributed by atoms with E-state index in [4.69, 9.17) is 5.11 Å². The number of benzene rings is 1. The summed E-state index contributed by atoms with van der Waals surface area (Å²) in [5.74, 6) is -0.155. The van der Waals surface area contributed by atoms with Crippen LogP contribution in [0.1, 0.15) is 42.7 Å². The lowest BCUT2D eigenvalue weighted by molar-refractivity contribution is 0.0885. The molecule has 2 N–H and O–H groups in total. The van der Waals surface area contributed by atoms with E-state index in [1.54, 1.807) is 10.9 Å². The van der Waals surface area contributed by atoms with Crippen molar-refractivity contribution in [3.63, 3.8) is 0 Å². The Bertz CT molecular complexity index is 637. The Morgan fingerprint density at radius 3 is 2.64 bits per heavy atom. The number of rotatable bonds is 6. The van der Waals surface area contributed by atoms with Gasteiger partial charge in [0.1, 0.15) is 0 Å². The maximum absolute atomic E-state index is 12.5. The molecule has 0 aliphatic heterocycles. The van der Waals surface area contributed by atoms with Gasteiger partial charge >= 0.3 is 0 Å². The first kappa shape index (κ1) is 16.2. The highest BCUT2D eigenvalue weighted by Gasteiger charge is 2.26. The van der Waals surface area contributed by atoms with Crippen LogP contribution in [-0.2, 0) is 0 Å². The van der Waals surface area contributed by atoms with Crippen molar-refractivity contribution in [1.29, 1.82) is 0 Å². The highest BCUT2D eigenvalue weighted by atomic mass is 16.3. The molecule has 1 amide bonds. The molecule has 0 radical (unpaired) electrons. The standard InChI is InChI=1S/C17H23N3O2/c1-4-17(3,10-11-21)19-16(22)15-12-18-20(13(15)2)14-8-6-5-7-9-14/h5-9,12,21H,4,10-11H2,1-3H3,(H,19,22). The molecule has 2 rings (SSSR count). The number of nitrogens with one attached hydrogen (secondary N) is 1. The molecule has 22 heavy (non-hydrogen) atoms. The Kier molecular flexibility index (Phi) is 4.98. The topological polar surface area (TPSA) is 67.2 Å². The fourth-order valence-corrected chi connectivity index (χ4v) is 2.38. The number of aliphatic hydroxyl groups is 1. The monoisotopic (exact) mass is 301 g/mol. The third-order valence-corrected chi connectivity index (χ3v) is 4.11. The van der Waals surface area contributed by atoms with Gasteiger partial charge in [-0.25, -0.2) is 4.68 Å². The van der Waals surface area contributed by atoms with Gasteiger partial charge in [-0.3, -0.25) is 4.79 Å². The van der Waals surface area contributed by atoms with Gasteiger partial charge in [-0.15, -0.1) is 0 Å². The minimum Gasteiger partial charge on any atom is -0.396 e. The molecule has 0 fully saturated rings. The minimum atomic E-state index is -0.410. The molecule has 1 heterocycles. The van der Waals surface area contributed by atoms with Crippen LogP contribution < -0.4 is 5.32 Å². The molecule has 5 nitrogen and oxygen atoms in total. The van der Waals surface area contributed by atoms with Crippen molar-refractivity contribution in [2.75, 3.05) is 6.61 Å². The van der Waals surface area contributed by atoms with Gasteiger partial charge in [0.25, 0.3) is 5.91 Å². The molecule has 0 saturated heterocycles. The number of amides is 1.